The lowest BCUT2D eigenvalue weighted by Crippen LogP contribution is -2.05. The molecule has 0 aliphatic rings. The predicted molar refractivity (Wildman–Crippen MR) is 104 cm³/mol. The summed E-state index contributed by atoms with van der Waals surface area (Å²) in [6, 6.07) is 7.87. The molecule has 0 fully saturated rings. The fourth-order valence-corrected chi connectivity index (χ4v) is 2.89. The number of benzene rings is 1. The van der Waals surface area contributed by atoms with Crippen LogP contribution in [0.2, 0.25) is 0 Å². The molecule has 9 heteroatoms. The Morgan fingerprint density at radius 2 is 1.93 bits per heavy atom. The molecule has 0 saturated heterocycles. The number of anilines is 2. The van der Waals surface area contributed by atoms with Crippen LogP contribution in [0, 0.1) is 20.8 Å². The zero-order valence-corrected chi connectivity index (χ0v) is 16.1. The van der Waals surface area contributed by atoms with E-state index in [1.54, 1.807) is 23.9 Å². The standard InChI is InChI=1S/C19H20N8O/c1-11-6-5-7-14(12(11)2)21-18-20-9-8-15(22-18)17-13(3)27-19(25-24-17)23-16(26-27)10-28-4/h5-9H,10H2,1-4H3,(H,20,21,22). The first-order chi connectivity index (χ1) is 13.6. The topological polar surface area (TPSA) is 103 Å². The van der Waals surface area contributed by atoms with Gasteiger partial charge in [-0.3, -0.25) is 0 Å². The van der Waals surface area contributed by atoms with Gasteiger partial charge in [-0.25, -0.2) is 9.97 Å². The van der Waals surface area contributed by atoms with Crippen LogP contribution >= 0.6 is 0 Å². The van der Waals surface area contributed by atoms with E-state index in [-0.39, 0.29) is 0 Å². The number of rotatable bonds is 5. The van der Waals surface area contributed by atoms with Gasteiger partial charge in [0.25, 0.3) is 5.78 Å². The molecule has 4 rings (SSSR count). The molecule has 0 spiro atoms. The van der Waals surface area contributed by atoms with E-state index >= 15 is 0 Å². The van der Waals surface area contributed by atoms with Gasteiger partial charge in [-0.1, -0.05) is 12.1 Å². The molecular weight excluding hydrogens is 356 g/mol. The summed E-state index contributed by atoms with van der Waals surface area (Å²) in [5.74, 6) is 1.47. The Bertz CT molecular complexity index is 1150. The Labute approximate surface area is 161 Å². The molecule has 0 amide bonds. The summed E-state index contributed by atoms with van der Waals surface area (Å²) < 4.78 is 6.74. The molecule has 1 aromatic carbocycles. The minimum atomic E-state index is 0.315. The fourth-order valence-electron chi connectivity index (χ4n) is 2.89. The highest BCUT2D eigenvalue weighted by atomic mass is 16.5. The number of nitrogens with zero attached hydrogens (tertiary/aromatic N) is 7. The largest absolute Gasteiger partial charge is 0.377 e. The van der Waals surface area contributed by atoms with Crippen LogP contribution in [0.3, 0.4) is 0 Å². The molecule has 0 unspecified atom stereocenters. The van der Waals surface area contributed by atoms with Gasteiger partial charge in [0.05, 0.1) is 11.4 Å². The summed E-state index contributed by atoms with van der Waals surface area (Å²) >= 11 is 0. The first-order valence-corrected chi connectivity index (χ1v) is 8.81. The number of aromatic nitrogens is 7. The lowest BCUT2D eigenvalue weighted by Gasteiger charge is -2.11. The monoisotopic (exact) mass is 376 g/mol. The van der Waals surface area contributed by atoms with E-state index in [0.29, 0.717) is 35.5 Å². The zero-order chi connectivity index (χ0) is 19.7. The molecule has 0 saturated carbocycles. The van der Waals surface area contributed by atoms with Crippen LogP contribution in [0.15, 0.2) is 30.5 Å². The van der Waals surface area contributed by atoms with Gasteiger partial charge in [-0.2, -0.15) is 9.50 Å². The number of aryl methyl sites for hydroxylation is 2. The lowest BCUT2D eigenvalue weighted by atomic mass is 10.1. The summed E-state index contributed by atoms with van der Waals surface area (Å²) in [5, 5.41) is 16.2. The summed E-state index contributed by atoms with van der Waals surface area (Å²) in [4.78, 5) is 13.2. The molecule has 3 heterocycles. The normalized spacial score (nSPS) is 11.1. The molecule has 1 N–H and O–H groups in total. The summed E-state index contributed by atoms with van der Waals surface area (Å²) in [5.41, 5.74) is 5.38. The smallest absolute Gasteiger partial charge is 0.272 e. The van der Waals surface area contributed by atoms with Crippen molar-refractivity contribution in [2.75, 3.05) is 12.4 Å². The Morgan fingerprint density at radius 1 is 1.07 bits per heavy atom. The minimum Gasteiger partial charge on any atom is -0.377 e. The summed E-state index contributed by atoms with van der Waals surface area (Å²) in [6.07, 6.45) is 1.69. The van der Waals surface area contributed by atoms with Crippen molar-refractivity contribution in [3.8, 4) is 11.4 Å². The number of ether oxygens (including phenoxy) is 1. The molecule has 4 aromatic rings. The molecule has 3 aromatic heterocycles. The van der Waals surface area contributed by atoms with Gasteiger partial charge in [0, 0.05) is 19.0 Å². The molecule has 9 nitrogen and oxygen atoms in total. The lowest BCUT2D eigenvalue weighted by molar-refractivity contribution is 0.178. The van der Waals surface area contributed by atoms with Crippen LogP contribution < -0.4 is 5.32 Å². The maximum atomic E-state index is 5.09. The van der Waals surface area contributed by atoms with Gasteiger partial charge in [0.15, 0.2) is 5.82 Å². The quantitative estimate of drug-likeness (QED) is 0.567. The molecule has 0 bridgehead atoms. The number of nitrogens with one attached hydrogen (secondary N) is 1. The molecule has 0 aliphatic heterocycles. The van der Waals surface area contributed by atoms with Crippen LogP contribution in [0.4, 0.5) is 11.6 Å². The van der Waals surface area contributed by atoms with Crippen molar-refractivity contribution in [3.05, 3.63) is 53.1 Å². The second kappa shape index (κ2) is 7.28. The Kier molecular flexibility index (Phi) is 4.66. The van der Waals surface area contributed by atoms with Crippen LogP contribution in [0.1, 0.15) is 22.6 Å². The summed E-state index contributed by atoms with van der Waals surface area (Å²) in [6.45, 7) is 6.35. The van der Waals surface area contributed by atoms with Crippen molar-refractivity contribution in [2.24, 2.45) is 0 Å². The van der Waals surface area contributed by atoms with Crippen LogP contribution in [-0.2, 0) is 11.3 Å². The average Bonchev–Trinajstić information content (AvgIpc) is 3.10. The first kappa shape index (κ1) is 17.9. The van der Waals surface area contributed by atoms with Crippen LogP contribution in [-0.4, -0.2) is 41.9 Å². The Hall–Kier alpha value is -3.46. The van der Waals surface area contributed by atoms with Crippen molar-refractivity contribution in [2.45, 2.75) is 27.4 Å². The van der Waals surface area contributed by atoms with Crippen molar-refractivity contribution < 1.29 is 4.74 Å². The van der Waals surface area contributed by atoms with Crippen molar-refractivity contribution in [1.82, 2.24) is 34.8 Å². The molecule has 0 radical (unpaired) electrons. The van der Waals surface area contributed by atoms with E-state index in [4.69, 9.17) is 4.74 Å². The van der Waals surface area contributed by atoms with Gasteiger partial charge in [0.2, 0.25) is 5.95 Å². The van der Waals surface area contributed by atoms with E-state index in [0.717, 1.165) is 16.9 Å². The fraction of sp³-hybridized carbons (Fsp3) is 0.263. The van der Waals surface area contributed by atoms with Crippen molar-refractivity contribution in [1.29, 1.82) is 0 Å². The highest BCUT2D eigenvalue weighted by Crippen LogP contribution is 2.23. The Morgan fingerprint density at radius 3 is 2.75 bits per heavy atom. The second-order valence-corrected chi connectivity index (χ2v) is 6.44. The third-order valence-electron chi connectivity index (χ3n) is 4.56. The van der Waals surface area contributed by atoms with Gasteiger partial charge >= 0.3 is 0 Å². The predicted octanol–water partition coefficient (Wildman–Crippen LogP) is 2.79. The third-order valence-corrected chi connectivity index (χ3v) is 4.56. The first-order valence-electron chi connectivity index (χ1n) is 8.81. The van der Waals surface area contributed by atoms with E-state index in [9.17, 15) is 0 Å². The van der Waals surface area contributed by atoms with E-state index in [2.05, 4.69) is 55.5 Å². The van der Waals surface area contributed by atoms with Crippen LogP contribution in [0.25, 0.3) is 17.2 Å². The van der Waals surface area contributed by atoms with Crippen LogP contribution in [0.5, 0.6) is 0 Å². The second-order valence-electron chi connectivity index (χ2n) is 6.44. The molecule has 0 atom stereocenters. The van der Waals surface area contributed by atoms with Gasteiger partial charge in [0.1, 0.15) is 12.3 Å². The molecule has 0 aliphatic carbocycles. The number of hydrogen-bond donors (Lipinski definition) is 1. The zero-order valence-electron chi connectivity index (χ0n) is 16.1. The molecule has 28 heavy (non-hydrogen) atoms. The van der Waals surface area contributed by atoms with E-state index in [1.165, 1.54) is 5.56 Å². The highest BCUT2D eigenvalue weighted by Gasteiger charge is 2.15. The average molecular weight is 376 g/mol. The molecular formula is C19H20N8O. The highest BCUT2D eigenvalue weighted by molar-refractivity contribution is 5.63. The Balaban J connectivity index is 1.71. The van der Waals surface area contributed by atoms with Gasteiger partial charge in [-0.05, 0) is 44.0 Å². The van der Waals surface area contributed by atoms with Crippen molar-refractivity contribution >= 4 is 17.4 Å². The van der Waals surface area contributed by atoms with Gasteiger partial charge in [-0.15, -0.1) is 15.3 Å². The maximum Gasteiger partial charge on any atom is 0.272 e. The SMILES string of the molecule is COCc1nc2nnc(-c3ccnc(Nc4cccc(C)c4C)n3)c(C)n2n1. The molecule has 142 valence electrons. The number of fused-ring (bicyclic) bond motifs is 1. The third kappa shape index (κ3) is 3.27. The number of hydrogen-bond acceptors (Lipinski definition) is 8. The van der Waals surface area contributed by atoms with E-state index < -0.39 is 0 Å². The minimum absolute atomic E-state index is 0.315. The maximum absolute atomic E-state index is 5.09. The summed E-state index contributed by atoms with van der Waals surface area (Å²) in [7, 11) is 1.60. The van der Waals surface area contributed by atoms with Gasteiger partial charge < -0.3 is 10.1 Å². The van der Waals surface area contributed by atoms with Crippen molar-refractivity contribution in [3.63, 3.8) is 0 Å². The van der Waals surface area contributed by atoms with E-state index in [1.807, 2.05) is 19.1 Å². The number of methoxy groups -OCH3 is 1.